The highest BCUT2D eigenvalue weighted by Crippen LogP contribution is 2.12. The van der Waals surface area contributed by atoms with Crippen molar-refractivity contribution < 1.29 is 18.3 Å². The van der Waals surface area contributed by atoms with Gasteiger partial charge in [-0.05, 0) is 6.07 Å². The number of hydrogen-bond acceptors (Lipinski definition) is 2. The van der Waals surface area contributed by atoms with E-state index < -0.39 is 17.6 Å². The van der Waals surface area contributed by atoms with Crippen LogP contribution in [0.3, 0.4) is 0 Å². The molecular weight excluding hydrogens is 270 g/mol. The van der Waals surface area contributed by atoms with Crippen LogP contribution in [0, 0.1) is 11.6 Å². The van der Waals surface area contributed by atoms with Crippen molar-refractivity contribution >= 4 is 21.9 Å². The first-order chi connectivity index (χ1) is 7.15. The van der Waals surface area contributed by atoms with Crippen LogP contribution in [0.4, 0.5) is 8.78 Å². The molecule has 0 aliphatic rings. The molecule has 82 valence electrons. The van der Waals surface area contributed by atoms with E-state index in [9.17, 15) is 13.6 Å². The zero-order valence-corrected chi connectivity index (χ0v) is 9.39. The van der Waals surface area contributed by atoms with Gasteiger partial charge >= 0.3 is 5.97 Å². The molecule has 0 heterocycles. The van der Waals surface area contributed by atoms with E-state index in [1.807, 2.05) is 0 Å². The topological polar surface area (TPSA) is 26.3 Å². The van der Waals surface area contributed by atoms with E-state index in [0.717, 1.165) is 6.07 Å². The lowest BCUT2D eigenvalue weighted by Crippen LogP contribution is -2.11. The summed E-state index contributed by atoms with van der Waals surface area (Å²) < 4.78 is 30.6. The molecule has 0 N–H and O–H groups in total. The molecule has 0 aromatic heterocycles. The van der Waals surface area contributed by atoms with E-state index in [2.05, 4.69) is 15.9 Å². The molecule has 1 rings (SSSR count). The second-order valence-corrected chi connectivity index (χ2v) is 3.59. The van der Waals surface area contributed by atoms with Gasteiger partial charge in [0.2, 0.25) is 0 Å². The third-order valence-corrected chi connectivity index (χ3v) is 2.03. The average molecular weight is 279 g/mol. The Morgan fingerprint density at radius 1 is 1.40 bits per heavy atom. The fraction of sp³-hybridized carbons (Fsp3) is 0.300. The maximum atomic E-state index is 13.1. The molecule has 0 aliphatic carbocycles. The summed E-state index contributed by atoms with van der Waals surface area (Å²) in [6.45, 7) is 0.218. The number of hydrogen-bond donors (Lipinski definition) is 0. The largest absolute Gasteiger partial charge is 0.465 e. The molecule has 0 aliphatic heterocycles. The van der Waals surface area contributed by atoms with Crippen LogP contribution >= 0.6 is 15.9 Å². The van der Waals surface area contributed by atoms with Gasteiger partial charge in [-0.2, -0.15) is 0 Å². The van der Waals surface area contributed by atoms with Crippen molar-refractivity contribution in [1.82, 2.24) is 0 Å². The summed E-state index contributed by atoms with van der Waals surface area (Å²) in [4.78, 5) is 11.1. The van der Waals surface area contributed by atoms with Gasteiger partial charge in [0.15, 0.2) is 11.6 Å². The predicted molar refractivity (Wildman–Crippen MR) is 54.8 cm³/mol. The van der Waals surface area contributed by atoms with Crippen molar-refractivity contribution in [2.24, 2.45) is 0 Å². The Bertz CT molecular complexity index is 355. The Morgan fingerprint density at radius 2 is 2.13 bits per heavy atom. The highest BCUT2D eigenvalue weighted by molar-refractivity contribution is 9.09. The minimum atomic E-state index is -0.992. The van der Waals surface area contributed by atoms with Crippen molar-refractivity contribution in [2.75, 3.05) is 11.9 Å². The lowest BCUT2D eigenvalue weighted by Gasteiger charge is -2.04. The minimum absolute atomic E-state index is 0.00886. The number of rotatable bonds is 4. The van der Waals surface area contributed by atoms with Crippen molar-refractivity contribution in [2.45, 2.75) is 6.42 Å². The Balaban J connectivity index is 2.64. The van der Waals surface area contributed by atoms with E-state index in [4.69, 9.17) is 4.74 Å². The van der Waals surface area contributed by atoms with Gasteiger partial charge in [-0.15, -0.1) is 0 Å². The Labute approximate surface area is 94.4 Å². The van der Waals surface area contributed by atoms with Gasteiger partial charge in [0.25, 0.3) is 0 Å². The van der Waals surface area contributed by atoms with Crippen LogP contribution in [0.2, 0.25) is 0 Å². The molecule has 0 saturated carbocycles. The molecule has 0 amide bonds. The lowest BCUT2D eigenvalue weighted by atomic mass is 10.1. The zero-order chi connectivity index (χ0) is 11.3. The number of carbonyl (C=O) groups excluding carboxylic acids is 1. The van der Waals surface area contributed by atoms with Crippen LogP contribution in [0.15, 0.2) is 18.2 Å². The average Bonchev–Trinajstić information content (AvgIpc) is 2.22. The van der Waals surface area contributed by atoms with E-state index in [0.29, 0.717) is 5.33 Å². The summed E-state index contributed by atoms with van der Waals surface area (Å²) in [7, 11) is 0. The lowest BCUT2D eigenvalue weighted by molar-refractivity contribution is -0.142. The van der Waals surface area contributed by atoms with Gasteiger partial charge in [0.05, 0.1) is 6.42 Å². The minimum Gasteiger partial charge on any atom is -0.465 e. The van der Waals surface area contributed by atoms with Crippen LogP contribution in [0.25, 0.3) is 0 Å². The molecule has 0 unspecified atom stereocenters. The summed E-state index contributed by atoms with van der Waals surface area (Å²) in [6, 6.07) is 3.71. The smallest absolute Gasteiger partial charge is 0.310 e. The monoisotopic (exact) mass is 278 g/mol. The Morgan fingerprint density at radius 3 is 2.80 bits per heavy atom. The number of esters is 1. The molecule has 0 bridgehead atoms. The molecule has 0 atom stereocenters. The fourth-order valence-corrected chi connectivity index (χ4v) is 1.21. The third kappa shape index (κ3) is 3.58. The normalized spacial score (nSPS) is 10.1. The Hall–Kier alpha value is -0.970. The molecule has 5 heteroatoms. The van der Waals surface area contributed by atoms with Crippen molar-refractivity contribution in [3.8, 4) is 0 Å². The van der Waals surface area contributed by atoms with Crippen LogP contribution in [-0.4, -0.2) is 17.9 Å². The van der Waals surface area contributed by atoms with E-state index in [1.165, 1.54) is 12.1 Å². The molecule has 0 fully saturated rings. The van der Waals surface area contributed by atoms with Crippen LogP contribution in [0.1, 0.15) is 5.56 Å². The molecule has 1 aromatic rings. The summed E-state index contributed by atoms with van der Waals surface area (Å²) in [5, 5.41) is 0.518. The highest BCUT2D eigenvalue weighted by atomic mass is 79.9. The first-order valence-corrected chi connectivity index (χ1v) is 5.41. The first-order valence-electron chi connectivity index (χ1n) is 4.29. The maximum Gasteiger partial charge on any atom is 0.310 e. The molecule has 15 heavy (non-hydrogen) atoms. The molecule has 0 saturated heterocycles. The summed E-state index contributed by atoms with van der Waals surface area (Å²) >= 11 is 3.08. The quantitative estimate of drug-likeness (QED) is 0.625. The third-order valence-electron chi connectivity index (χ3n) is 1.71. The zero-order valence-electron chi connectivity index (χ0n) is 7.80. The number of carbonyl (C=O) groups is 1. The van der Waals surface area contributed by atoms with Gasteiger partial charge in [-0.25, -0.2) is 8.78 Å². The second-order valence-electron chi connectivity index (χ2n) is 2.80. The summed E-state index contributed by atoms with van der Waals surface area (Å²) in [5.74, 6) is -2.52. The van der Waals surface area contributed by atoms with Gasteiger partial charge in [-0.3, -0.25) is 4.79 Å². The van der Waals surface area contributed by atoms with Gasteiger partial charge in [0, 0.05) is 10.9 Å². The van der Waals surface area contributed by atoms with Crippen LogP contribution in [0.5, 0.6) is 0 Å². The van der Waals surface area contributed by atoms with Crippen molar-refractivity contribution in [1.29, 1.82) is 0 Å². The molecule has 0 spiro atoms. The maximum absolute atomic E-state index is 13.1. The standard InChI is InChI=1S/C10H9BrF2O2/c11-4-5-15-9(14)6-7-2-1-3-8(12)10(7)13/h1-3H,4-6H2. The molecule has 2 nitrogen and oxygen atoms in total. The molecule has 0 radical (unpaired) electrons. The van der Waals surface area contributed by atoms with Gasteiger partial charge < -0.3 is 4.74 Å². The highest BCUT2D eigenvalue weighted by Gasteiger charge is 2.11. The summed E-state index contributed by atoms with van der Waals surface area (Å²) in [6.07, 6.45) is -0.253. The SMILES string of the molecule is O=C(Cc1cccc(F)c1F)OCCBr. The van der Waals surface area contributed by atoms with E-state index in [-0.39, 0.29) is 18.6 Å². The number of ether oxygens (including phenoxy) is 1. The van der Waals surface area contributed by atoms with Crippen LogP contribution in [-0.2, 0) is 16.0 Å². The number of alkyl halides is 1. The summed E-state index contributed by atoms with van der Waals surface area (Å²) in [5.41, 5.74) is 0.00886. The molecular formula is C10H9BrF2O2. The second kappa shape index (κ2) is 5.80. The van der Waals surface area contributed by atoms with E-state index >= 15 is 0 Å². The van der Waals surface area contributed by atoms with Gasteiger partial charge in [-0.1, -0.05) is 28.1 Å². The van der Waals surface area contributed by atoms with Crippen LogP contribution < -0.4 is 0 Å². The fourth-order valence-electron chi connectivity index (χ4n) is 1.04. The first kappa shape index (κ1) is 12.1. The van der Waals surface area contributed by atoms with Crippen molar-refractivity contribution in [3.05, 3.63) is 35.4 Å². The molecule has 1 aromatic carbocycles. The predicted octanol–water partition coefficient (Wildman–Crippen LogP) is 2.45. The number of halogens is 3. The van der Waals surface area contributed by atoms with Crippen molar-refractivity contribution in [3.63, 3.8) is 0 Å². The van der Waals surface area contributed by atoms with E-state index in [1.54, 1.807) is 0 Å². The Kier molecular flexibility index (Phi) is 4.68. The number of benzene rings is 1. The van der Waals surface area contributed by atoms with Gasteiger partial charge in [0.1, 0.15) is 6.61 Å².